The van der Waals surface area contributed by atoms with Gasteiger partial charge in [0.05, 0.1) is 0 Å². The van der Waals surface area contributed by atoms with Crippen LogP contribution < -0.4 is 0 Å². The third kappa shape index (κ3) is 5.27. The summed E-state index contributed by atoms with van der Waals surface area (Å²) in [4.78, 5) is 1.59. The van der Waals surface area contributed by atoms with Crippen molar-refractivity contribution in [2.45, 2.75) is 66.2 Å². The monoisotopic (exact) mass is 534 g/mol. The van der Waals surface area contributed by atoms with Gasteiger partial charge in [-0.25, -0.2) is 10.0 Å². The van der Waals surface area contributed by atoms with E-state index in [1.165, 1.54) is 84.0 Å². The van der Waals surface area contributed by atoms with Crippen molar-refractivity contribution in [2.75, 3.05) is 17.3 Å². The SMILES string of the molecule is CC.CCC.CCCS(CC)(CC)c1ccc2c(ccc3c2ccc2c4ccc5ccccc5c4ccc32)c1. The Kier molecular flexibility index (Phi) is 9.57. The first-order chi connectivity index (χ1) is 19.1. The molecule has 0 aliphatic heterocycles. The van der Waals surface area contributed by atoms with E-state index in [1.54, 1.807) is 4.90 Å². The van der Waals surface area contributed by atoms with Crippen LogP contribution in [0.25, 0.3) is 53.9 Å². The number of hydrogen-bond donors (Lipinski definition) is 0. The highest BCUT2D eigenvalue weighted by Crippen LogP contribution is 2.56. The number of hydrogen-bond acceptors (Lipinski definition) is 0. The van der Waals surface area contributed by atoms with Gasteiger partial charge in [-0.05, 0) is 94.6 Å². The van der Waals surface area contributed by atoms with E-state index in [0.717, 1.165) is 0 Å². The highest BCUT2D eigenvalue weighted by atomic mass is 32.3. The maximum Gasteiger partial charge on any atom is -0.00928 e. The molecule has 39 heavy (non-hydrogen) atoms. The number of rotatable bonds is 5. The smallest absolute Gasteiger partial charge is 0.00928 e. The van der Waals surface area contributed by atoms with Gasteiger partial charge in [-0.3, -0.25) is 0 Å². The normalized spacial score (nSPS) is 11.9. The summed E-state index contributed by atoms with van der Waals surface area (Å²) in [7, 11) is -0.723. The van der Waals surface area contributed by atoms with E-state index in [-0.39, 0.29) is 0 Å². The molecule has 204 valence electrons. The fourth-order valence-corrected chi connectivity index (χ4v) is 9.45. The lowest BCUT2D eigenvalue weighted by molar-refractivity contribution is 1.08. The van der Waals surface area contributed by atoms with Gasteiger partial charge >= 0.3 is 0 Å². The number of benzene rings is 6. The van der Waals surface area contributed by atoms with Crippen LogP contribution >= 0.6 is 10.0 Å². The van der Waals surface area contributed by atoms with Gasteiger partial charge in [-0.1, -0.05) is 134 Å². The molecule has 0 spiro atoms. The Hall–Kier alpha value is -3.03. The zero-order chi connectivity index (χ0) is 28.0. The standard InChI is InChI=1S/C33H32S.C3H8.C2H6/c1-4-21-34(5-2,6-3)25-13-16-27-24(22-25)12-15-31-29(27)18-20-32-30-14-11-23-9-7-8-10-26(23)28(30)17-19-33(31)32;1-3-2;1-2/h7-20,22H,4-6,21H2,1-3H3;3H2,1-2H3;1-2H3. The second-order valence-corrected chi connectivity index (χ2v) is 14.3. The van der Waals surface area contributed by atoms with Crippen LogP contribution in [0.4, 0.5) is 0 Å². The zero-order valence-corrected chi connectivity index (χ0v) is 25.9. The highest BCUT2D eigenvalue weighted by molar-refractivity contribution is 8.33. The third-order valence-corrected chi connectivity index (χ3v) is 12.6. The molecule has 6 aromatic carbocycles. The Morgan fingerprint density at radius 2 is 0.872 bits per heavy atom. The van der Waals surface area contributed by atoms with Gasteiger partial charge in [0.1, 0.15) is 0 Å². The Morgan fingerprint density at radius 1 is 0.462 bits per heavy atom. The summed E-state index contributed by atoms with van der Waals surface area (Å²) in [5.41, 5.74) is 0. The second-order valence-electron chi connectivity index (χ2n) is 10.2. The molecule has 0 nitrogen and oxygen atoms in total. The molecular weight excluding hydrogens is 488 g/mol. The number of fused-ring (bicyclic) bond motifs is 9. The fraction of sp³-hybridized carbons (Fsp3) is 0.316. The van der Waals surface area contributed by atoms with Crippen LogP contribution in [0.15, 0.2) is 95.9 Å². The topological polar surface area (TPSA) is 0 Å². The van der Waals surface area contributed by atoms with Crippen LogP contribution in [-0.4, -0.2) is 17.3 Å². The van der Waals surface area contributed by atoms with E-state index < -0.39 is 10.0 Å². The van der Waals surface area contributed by atoms with Crippen LogP contribution in [0.3, 0.4) is 0 Å². The predicted octanol–water partition coefficient (Wildman–Crippen LogP) is 12.5. The summed E-state index contributed by atoms with van der Waals surface area (Å²) in [5.74, 6) is 3.90. The molecule has 0 aliphatic carbocycles. The van der Waals surface area contributed by atoms with Gasteiger partial charge in [0, 0.05) is 0 Å². The van der Waals surface area contributed by atoms with Crippen molar-refractivity contribution in [3.05, 3.63) is 91.0 Å². The van der Waals surface area contributed by atoms with E-state index in [9.17, 15) is 0 Å². The molecule has 0 atom stereocenters. The van der Waals surface area contributed by atoms with E-state index in [1.807, 2.05) is 13.8 Å². The van der Waals surface area contributed by atoms with E-state index >= 15 is 0 Å². The molecule has 6 aromatic rings. The largest absolute Gasteiger partial charge is 0.215 e. The van der Waals surface area contributed by atoms with Crippen LogP contribution in [0.2, 0.25) is 0 Å². The maximum atomic E-state index is 2.50. The van der Waals surface area contributed by atoms with Crippen LogP contribution in [0.1, 0.15) is 61.3 Å². The molecule has 0 bridgehead atoms. The maximum absolute atomic E-state index is 2.50. The quantitative estimate of drug-likeness (QED) is 0.193. The van der Waals surface area contributed by atoms with Gasteiger partial charge in [-0.2, -0.15) is 0 Å². The molecule has 0 radical (unpaired) electrons. The first kappa shape index (κ1) is 29.0. The summed E-state index contributed by atoms with van der Waals surface area (Å²) < 4.78 is 0. The van der Waals surface area contributed by atoms with Crippen molar-refractivity contribution in [2.24, 2.45) is 0 Å². The lowest BCUT2D eigenvalue weighted by Crippen LogP contribution is -2.10. The van der Waals surface area contributed by atoms with Crippen LogP contribution in [0.5, 0.6) is 0 Å². The van der Waals surface area contributed by atoms with Gasteiger partial charge in [-0.15, -0.1) is 0 Å². The summed E-state index contributed by atoms with van der Waals surface area (Å²) in [6.07, 6.45) is 2.52. The fourth-order valence-electron chi connectivity index (χ4n) is 6.04. The Balaban J connectivity index is 0.000000662. The molecule has 0 aromatic heterocycles. The summed E-state index contributed by atoms with van der Waals surface area (Å²) in [6, 6.07) is 34.6. The Bertz CT molecular complexity index is 1710. The molecule has 6 rings (SSSR count). The molecule has 0 heterocycles. The molecule has 0 saturated heterocycles. The minimum absolute atomic E-state index is 0.723. The van der Waals surface area contributed by atoms with Crippen molar-refractivity contribution in [1.29, 1.82) is 0 Å². The van der Waals surface area contributed by atoms with Gasteiger partial charge in [0.25, 0.3) is 0 Å². The molecule has 0 N–H and O–H groups in total. The molecule has 1 heteroatoms. The minimum Gasteiger partial charge on any atom is -0.215 e. The zero-order valence-electron chi connectivity index (χ0n) is 25.1. The molecule has 0 fully saturated rings. The lowest BCUT2D eigenvalue weighted by atomic mass is 9.92. The van der Waals surface area contributed by atoms with Crippen molar-refractivity contribution in [1.82, 2.24) is 0 Å². The van der Waals surface area contributed by atoms with Crippen molar-refractivity contribution in [3.63, 3.8) is 0 Å². The average molecular weight is 535 g/mol. The molecule has 0 saturated carbocycles. The van der Waals surface area contributed by atoms with Crippen molar-refractivity contribution < 1.29 is 0 Å². The van der Waals surface area contributed by atoms with E-state index in [0.29, 0.717) is 0 Å². The first-order valence-electron chi connectivity index (χ1n) is 15.1. The molecule has 0 amide bonds. The van der Waals surface area contributed by atoms with Crippen LogP contribution in [0, 0.1) is 0 Å². The summed E-state index contributed by atoms with van der Waals surface area (Å²) in [5, 5.41) is 13.5. The van der Waals surface area contributed by atoms with Crippen molar-refractivity contribution >= 4 is 63.9 Å². The van der Waals surface area contributed by atoms with Crippen LogP contribution in [-0.2, 0) is 0 Å². The van der Waals surface area contributed by atoms with Gasteiger partial charge in [0.2, 0.25) is 0 Å². The summed E-state index contributed by atoms with van der Waals surface area (Å²) >= 11 is 0. The average Bonchev–Trinajstić information content (AvgIpc) is 3.00. The van der Waals surface area contributed by atoms with Crippen molar-refractivity contribution in [3.8, 4) is 0 Å². The first-order valence-corrected chi connectivity index (χ1v) is 17.2. The minimum atomic E-state index is -0.723. The second kappa shape index (κ2) is 12.9. The van der Waals surface area contributed by atoms with Gasteiger partial charge < -0.3 is 0 Å². The molecule has 0 aliphatic rings. The van der Waals surface area contributed by atoms with E-state index in [4.69, 9.17) is 0 Å². The lowest BCUT2D eigenvalue weighted by Gasteiger charge is -2.39. The summed E-state index contributed by atoms with van der Waals surface area (Å²) in [6.45, 7) is 15.4. The molecular formula is C38H46S. The van der Waals surface area contributed by atoms with E-state index in [2.05, 4.69) is 126 Å². The third-order valence-electron chi connectivity index (χ3n) is 7.91. The predicted molar refractivity (Wildman–Crippen MR) is 183 cm³/mol. The Morgan fingerprint density at radius 3 is 1.38 bits per heavy atom. The molecule has 0 unspecified atom stereocenters. The highest BCUT2D eigenvalue weighted by Gasteiger charge is 2.22. The Labute approximate surface area is 237 Å². The van der Waals surface area contributed by atoms with Gasteiger partial charge in [0.15, 0.2) is 0 Å².